The summed E-state index contributed by atoms with van der Waals surface area (Å²) in [5.74, 6) is 1.52. The first-order chi connectivity index (χ1) is 14.7. The number of carbonyl (C=O) groups excluding carboxylic acids is 3. The molecule has 1 heterocycles. The monoisotopic (exact) mass is 440 g/mol. The Kier molecular flexibility index (Phi) is 5.82. The van der Waals surface area contributed by atoms with Gasteiger partial charge in [0, 0.05) is 16.8 Å². The number of urea groups is 1. The van der Waals surface area contributed by atoms with Crippen molar-refractivity contribution in [1.29, 1.82) is 5.26 Å². The van der Waals surface area contributed by atoms with Crippen LogP contribution >= 0.6 is 11.8 Å². The van der Waals surface area contributed by atoms with E-state index in [-0.39, 0.29) is 16.9 Å². The fourth-order valence-corrected chi connectivity index (χ4v) is 7.00. The number of pyridine rings is 1. The number of amides is 3. The van der Waals surface area contributed by atoms with Gasteiger partial charge in [0.1, 0.15) is 11.1 Å². The van der Waals surface area contributed by atoms with Crippen molar-refractivity contribution in [3.63, 3.8) is 0 Å². The summed E-state index contributed by atoms with van der Waals surface area (Å²) < 4.78 is 0. The van der Waals surface area contributed by atoms with Crippen molar-refractivity contribution < 1.29 is 14.4 Å². The van der Waals surface area contributed by atoms with E-state index >= 15 is 0 Å². The predicted octanol–water partition coefficient (Wildman–Crippen LogP) is 3.74. The normalized spacial score (nSPS) is 29.2. The first-order valence-corrected chi connectivity index (χ1v) is 11.8. The summed E-state index contributed by atoms with van der Waals surface area (Å²) in [6, 6.07) is 3.12. The van der Waals surface area contributed by atoms with E-state index in [0.717, 1.165) is 31.0 Å². The Hall–Kier alpha value is -2.40. The van der Waals surface area contributed by atoms with Crippen molar-refractivity contribution >= 4 is 29.5 Å². The molecule has 0 aromatic carbocycles. The van der Waals surface area contributed by atoms with Gasteiger partial charge in [-0.1, -0.05) is 11.8 Å². The van der Waals surface area contributed by atoms with Crippen LogP contribution in [0.2, 0.25) is 0 Å². The summed E-state index contributed by atoms with van der Waals surface area (Å²) in [5, 5.41) is 14.8. The Morgan fingerprint density at radius 1 is 1.19 bits per heavy atom. The van der Waals surface area contributed by atoms with Gasteiger partial charge in [0.25, 0.3) is 0 Å². The van der Waals surface area contributed by atoms with Crippen LogP contribution in [0.4, 0.5) is 4.79 Å². The van der Waals surface area contributed by atoms with Gasteiger partial charge in [-0.05, 0) is 83.1 Å². The van der Waals surface area contributed by atoms with Gasteiger partial charge in [-0.2, -0.15) is 5.26 Å². The minimum absolute atomic E-state index is 0.162. The average molecular weight is 441 g/mol. The number of nitrogens with zero attached hydrogens (tertiary/aromatic N) is 2. The molecule has 0 spiro atoms. The second kappa shape index (κ2) is 8.27. The zero-order valence-corrected chi connectivity index (χ0v) is 19.0. The molecule has 164 valence electrons. The third-order valence-electron chi connectivity index (χ3n) is 6.99. The van der Waals surface area contributed by atoms with E-state index in [0.29, 0.717) is 34.0 Å². The summed E-state index contributed by atoms with van der Waals surface area (Å²) >= 11 is 1.11. The number of nitrogens with one attached hydrogen (secondary N) is 2. The molecule has 4 bridgehead atoms. The largest absolute Gasteiger partial charge is 0.332 e. The third kappa shape index (κ3) is 4.47. The van der Waals surface area contributed by atoms with Gasteiger partial charge in [0.05, 0.1) is 10.8 Å². The highest BCUT2D eigenvalue weighted by molar-refractivity contribution is 8.00. The SMILES string of the molecule is CC(=O)c1cc(C#N)c(SC(C)C(=O)NC(=O)NC23CC4CC(CC(C4)C2)C3)nc1C. The molecule has 4 aliphatic carbocycles. The molecule has 2 N–H and O–H groups in total. The molecule has 0 radical (unpaired) electrons. The van der Waals surface area contributed by atoms with E-state index in [1.807, 2.05) is 6.07 Å². The lowest BCUT2D eigenvalue weighted by atomic mass is 9.53. The minimum Gasteiger partial charge on any atom is -0.332 e. The number of rotatable bonds is 5. The quantitative estimate of drug-likeness (QED) is 0.533. The van der Waals surface area contributed by atoms with Crippen molar-refractivity contribution in [1.82, 2.24) is 15.6 Å². The fourth-order valence-electron chi connectivity index (χ4n) is 6.08. The molecule has 0 aliphatic heterocycles. The standard InChI is InChI=1S/C23H28N4O3S/c1-12-19(13(2)28)7-18(11-24)21(25-12)31-14(3)20(29)26-22(30)27-23-8-15-4-16(9-23)6-17(5-15)10-23/h7,14-17H,4-6,8-10H2,1-3H3,(H2,26,27,29,30). The lowest BCUT2D eigenvalue weighted by Crippen LogP contribution is -2.62. The number of ketones is 1. The molecule has 7 nitrogen and oxygen atoms in total. The van der Waals surface area contributed by atoms with Crippen molar-refractivity contribution in [2.75, 3.05) is 0 Å². The zero-order valence-electron chi connectivity index (χ0n) is 18.2. The van der Waals surface area contributed by atoms with Gasteiger partial charge in [-0.15, -0.1) is 0 Å². The molecule has 1 aromatic rings. The molecule has 1 atom stereocenters. The first kappa shape index (κ1) is 21.8. The van der Waals surface area contributed by atoms with Crippen LogP contribution in [0.3, 0.4) is 0 Å². The number of hydrogen-bond donors (Lipinski definition) is 2. The zero-order chi connectivity index (χ0) is 22.3. The average Bonchev–Trinajstić information content (AvgIpc) is 2.66. The molecule has 1 aromatic heterocycles. The van der Waals surface area contributed by atoms with Crippen LogP contribution in [0.5, 0.6) is 0 Å². The number of aryl methyl sites for hydroxylation is 1. The number of Topliss-reactive ketones (excluding diaryl/α,β-unsaturated/α-hetero) is 1. The summed E-state index contributed by atoms with van der Waals surface area (Å²) in [6.07, 6.45) is 6.90. The minimum atomic E-state index is -0.621. The first-order valence-electron chi connectivity index (χ1n) is 10.9. The van der Waals surface area contributed by atoms with E-state index in [1.54, 1.807) is 13.8 Å². The lowest BCUT2D eigenvalue weighted by molar-refractivity contribution is -0.119. The number of imide groups is 1. The van der Waals surface area contributed by atoms with Gasteiger partial charge >= 0.3 is 6.03 Å². The topological polar surface area (TPSA) is 112 Å². The molecule has 1 unspecified atom stereocenters. The highest BCUT2D eigenvalue weighted by Crippen LogP contribution is 2.55. The molecule has 4 saturated carbocycles. The number of thioether (sulfide) groups is 1. The highest BCUT2D eigenvalue weighted by Gasteiger charge is 2.51. The molecular weight excluding hydrogens is 412 g/mol. The summed E-state index contributed by atoms with van der Waals surface area (Å²) in [7, 11) is 0. The number of hydrogen-bond acceptors (Lipinski definition) is 6. The van der Waals surface area contributed by atoms with Crippen LogP contribution in [0.15, 0.2) is 11.1 Å². The second-order valence-electron chi connectivity index (χ2n) is 9.54. The third-order valence-corrected chi connectivity index (χ3v) is 8.09. The van der Waals surface area contributed by atoms with Crippen molar-refractivity contribution in [2.24, 2.45) is 17.8 Å². The number of carbonyl (C=O) groups is 3. The molecule has 31 heavy (non-hydrogen) atoms. The number of aromatic nitrogens is 1. The van der Waals surface area contributed by atoms with Crippen LogP contribution in [0.25, 0.3) is 0 Å². The molecule has 4 fully saturated rings. The molecule has 0 saturated heterocycles. The van der Waals surface area contributed by atoms with Crippen molar-refractivity contribution in [3.05, 3.63) is 22.9 Å². The van der Waals surface area contributed by atoms with Crippen LogP contribution < -0.4 is 10.6 Å². The Morgan fingerprint density at radius 3 is 2.29 bits per heavy atom. The van der Waals surface area contributed by atoms with E-state index in [4.69, 9.17) is 0 Å². The van der Waals surface area contributed by atoms with Gasteiger partial charge in [-0.25, -0.2) is 9.78 Å². The maximum atomic E-state index is 12.6. The van der Waals surface area contributed by atoms with Gasteiger partial charge in [-0.3, -0.25) is 14.9 Å². The smallest absolute Gasteiger partial charge is 0.321 e. The summed E-state index contributed by atoms with van der Waals surface area (Å²) in [5.41, 5.74) is 0.998. The molecule has 4 aliphatic rings. The van der Waals surface area contributed by atoms with E-state index < -0.39 is 17.2 Å². The van der Waals surface area contributed by atoms with E-state index in [1.165, 1.54) is 32.3 Å². The Labute approximate surface area is 186 Å². The predicted molar refractivity (Wildman–Crippen MR) is 117 cm³/mol. The fraction of sp³-hybridized carbons (Fsp3) is 0.609. The van der Waals surface area contributed by atoms with Crippen LogP contribution in [0, 0.1) is 36.0 Å². The van der Waals surface area contributed by atoms with Gasteiger partial charge < -0.3 is 5.32 Å². The van der Waals surface area contributed by atoms with E-state index in [9.17, 15) is 19.6 Å². The van der Waals surface area contributed by atoms with Crippen LogP contribution in [0.1, 0.15) is 74.0 Å². The Bertz CT molecular complexity index is 948. The number of nitriles is 1. The molecular formula is C23H28N4O3S. The lowest BCUT2D eigenvalue weighted by Gasteiger charge is -2.56. The van der Waals surface area contributed by atoms with E-state index in [2.05, 4.69) is 15.6 Å². The molecule has 5 rings (SSSR count). The highest BCUT2D eigenvalue weighted by atomic mass is 32.2. The van der Waals surface area contributed by atoms with Gasteiger partial charge in [0.2, 0.25) is 5.91 Å². The van der Waals surface area contributed by atoms with Gasteiger partial charge in [0.15, 0.2) is 5.78 Å². The maximum Gasteiger partial charge on any atom is 0.321 e. The molecule has 8 heteroatoms. The second-order valence-corrected chi connectivity index (χ2v) is 10.9. The maximum absolute atomic E-state index is 12.6. The van der Waals surface area contributed by atoms with Crippen molar-refractivity contribution in [3.8, 4) is 6.07 Å². The van der Waals surface area contributed by atoms with Crippen molar-refractivity contribution in [2.45, 2.75) is 75.1 Å². The summed E-state index contributed by atoms with van der Waals surface area (Å²) in [4.78, 5) is 41.3. The summed E-state index contributed by atoms with van der Waals surface area (Å²) in [6.45, 7) is 4.80. The Morgan fingerprint density at radius 2 is 1.77 bits per heavy atom. The van der Waals surface area contributed by atoms with Crippen LogP contribution in [-0.2, 0) is 4.79 Å². The Balaban J connectivity index is 1.38. The van der Waals surface area contributed by atoms with Crippen LogP contribution in [-0.4, -0.2) is 33.5 Å². The molecule has 3 amide bonds.